The molecule has 13 nitrogen and oxygen atoms in total. The summed E-state index contributed by atoms with van der Waals surface area (Å²) in [5.41, 5.74) is 1.30. The zero-order valence-electron chi connectivity index (χ0n) is 24.4. The van der Waals surface area contributed by atoms with E-state index in [1.807, 2.05) is 0 Å². The van der Waals surface area contributed by atoms with E-state index in [0.717, 1.165) is 19.4 Å². The lowest BCUT2D eigenvalue weighted by atomic mass is 10.0. The number of aliphatic hydroxyl groups is 1. The highest BCUT2D eigenvalue weighted by Gasteiger charge is 2.31. The molecule has 2 aliphatic heterocycles. The Kier molecular flexibility index (Phi) is 8.83. The number of benzene rings is 1. The molecule has 45 heavy (non-hydrogen) atoms. The summed E-state index contributed by atoms with van der Waals surface area (Å²) >= 11 is 6.23. The van der Waals surface area contributed by atoms with E-state index in [-0.39, 0.29) is 52.1 Å². The van der Waals surface area contributed by atoms with E-state index in [4.69, 9.17) is 16.3 Å². The maximum Gasteiger partial charge on any atom is 0.387 e. The van der Waals surface area contributed by atoms with Crippen LogP contribution in [0.5, 0.6) is 5.75 Å². The minimum Gasteiger partial charge on any atom is -0.434 e. The smallest absolute Gasteiger partial charge is 0.387 e. The van der Waals surface area contributed by atoms with Crippen LogP contribution in [0.25, 0.3) is 16.9 Å². The molecule has 4 aromatic rings. The van der Waals surface area contributed by atoms with Crippen molar-refractivity contribution in [3.05, 3.63) is 59.6 Å². The number of hydrogen-bond acceptors (Lipinski definition) is 9. The summed E-state index contributed by atoms with van der Waals surface area (Å²) in [6, 6.07) is 6.07. The molecule has 3 aromatic heterocycles. The number of nitrogens with zero attached hydrogens (tertiary/aromatic N) is 8. The third kappa shape index (κ3) is 6.70. The van der Waals surface area contributed by atoms with Crippen molar-refractivity contribution in [2.24, 2.45) is 0 Å². The van der Waals surface area contributed by atoms with Gasteiger partial charge in [-0.25, -0.2) is 9.50 Å². The number of alkyl halides is 2. The Balaban J connectivity index is 1.22. The Morgan fingerprint density at radius 2 is 2.02 bits per heavy atom. The first-order chi connectivity index (χ1) is 21.7. The predicted octanol–water partition coefficient (Wildman–Crippen LogP) is 2.72. The maximum atomic E-state index is 13.4. The highest BCUT2D eigenvalue weighted by atomic mass is 35.5. The van der Waals surface area contributed by atoms with Gasteiger partial charge in [0.25, 0.3) is 0 Å². The molecule has 2 aliphatic rings. The van der Waals surface area contributed by atoms with Gasteiger partial charge in [-0.15, -0.1) is 0 Å². The normalized spacial score (nSPS) is 17.3. The third-order valence-corrected chi connectivity index (χ3v) is 8.42. The van der Waals surface area contributed by atoms with Crippen LogP contribution in [0.3, 0.4) is 0 Å². The SMILES string of the molecule is CN1CCN(C2CCN(C(=O)Cn3cc(NC(O)c4cnn5cccnc45)c(-c4cc(Cl)ccc4OC(F)F)n3)CC2)CC1=O. The molecular formula is C29H32ClF2N9O4. The van der Waals surface area contributed by atoms with Crippen molar-refractivity contribution in [2.75, 3.05) is 45.1 Å². The average Bonchev–Trinajstić information content (AvgIpc) is 3.63. The van der Waals surface area contributed by atoms with Crippen LogP contribution in [-0.4, -0.2) is 108 Å². The lowest BCUT2D eigenvalue weighted by molar-refractivity contribution is -0.138. The highest BCUT2D eigenvalue weighted by Crippen LogP contribution is 2.38. The second-order valence-corrected chi connectivity index (χ2v) is 11.5. The Bertz CT molecular complexity index is 1690. The van der Waals surface area contributed by atoms with Crippen molar-refractivity contribution in [3.8, 4) is 17.0 Å². The largest absolute Gasteiger partial charge is 0.434 e. The van der Waals surface area contributed by atoms with Crippen LogP contribution in [0.2, 0.25) is 5.02 Å². The number of anilines is 1. The molecule has 2 saturated heterocycles. The summed E-state index contributed by atoms with van der Waals surface area (Å²) in [6.07, 6.45) is 6.40. The molecule has 0 bridgehead atoms. The van der Waals surface area contributed by atoms with Gasteiger partial charge in [-0.05, 0) is 37.1 Å². The van der Waals surface area contributed by atoms with Gasteiger partial charge in [-0.2, -0.15) is 19.0 Å². The van der Waals surface area contributed by atoms with Gasteiger partial charge in [0.15, 0.2) is 11.9 Å². The fourth-order valence-electron chi connectivity index (χ4n) is 5.76. The van der Waals surface area contributed by atoms with Gasteiger partial charge in [0.05, 0.1) is 24.0 Å². The number of amides is 2. The van der Waals surface area contributed by atoms with Crippen molar-refractivity contribution < 1.29 is 28.2 Å². The molecule has 0 radical (unpaired) electrons. The molecule has 5 heterocycles. The lowest BCUT2D eigenvalue weighted by Gasteiger charge is -2.41. The summed E-state index contributed by atoms with van der Waals surface area (Å²) in [7, 11) is 1.81. The number of piperazine rings is 1. The van der Waals surface area contributed by atoms with Crippen molar-refractivity contribution >= 4 is 34.7 Å². The Morgan fingerprint density at radius 3 is 2.78 bits per heavy atom. The fourth-order valence-corrected chi connectivity index (χ4v) is 5.94. The number of piperidine rings is 1. The summed E-state index contributed by atoms with van der Waals surface area (Å²) in [4.78, 5) is 35.5. The quantitative estimate of drug-likeness (QED) is 0.264. The molecule has 238 valence electrons. The summed E-state index contributed by atoms with van der Waals surface area (Å²) in [5.74, 6) is -0.250. The van der Waals surface area contributed by atoms with E-state index in [1.165, 1.54) is 39.8 Å². The topological polar surface area (TPSA) is 133 Å². The minimum atomic E-state index is -3.10. The van der Waals surface area contributed by atoms with Crippen LogP contribution in [-0.2, 0) is 16.1 Å². The monoisotopic (exact) mass is 643 g/mol. The van der Waals surface area contributed by atoms with E-state index < -0.39 is 12.8 Å². The van der Waals surface area contributed by atoms with Gasteiger partial charge in [-0.1, -0.05) is 11.6 Å². The van der Waals surface area contributed by atoms with E-state index in [9.17, 15) is 23.5 Å². The number of fused-ring (bicyclic) bond motifs is 1. The molecule has 2 amide bonds. The Morgan fingerprint density at radius 1 is 1.22 bits per heavy atom. The average molecular weight is 644 g/mol. The molecule has 0 aliphatic carbocycles. The molecule has 2 N–H and O–H groups in total. The molecule has 2 fully saturated rings. The number of carbonyl (C=O) groups excluding carboxylic acids is 2. The third-order valence-electron chi connectivity index (χ3n) is 8.19. The molecule has 0 saturated carbocycles. The number of aromatic nitrogens is 5. The van der Waals surface area contributed by atoms with E-state index in [2.05, 4.69) is 25.4 Å². The second-order valence-electron chi connectivity index (χ2n) is 11.0. The highest BCUT2D eigenvalue weighted by molar-refractivity contribution is 6.31. The summed E-state index contributed by atoms with van der Waals surface area (Å²) in [6.45, 7) is -0.285. The number of likely N-dealkylation sites (tertiary alicyclic amines) is 1. The molecule has 6 rings (SSSR count). The number of carbonyl (C=O) groups is 2. The number of aliphatic hydroxyl groups excluding tert-OH is 1. The number of ether oxygens (including phenoxy) is 1. The van der Waals surface area contributed by atoms with Gasteiger partial charge in [-0.3, -0.25) is 19.2 Å². The van der Waals surface area contributed by atoms with Crippen LogP contribution in [0, 0.1) is 0 Å². The zero-order valence-corrected chi connectivity index (χ0v) is 25.1. The summed E-state index contributed by atoms with van der Waals surface area (Å²) < 4.78 is 34.2. The Labute approximate surface area is 261 Å². The minimum absolute atomic E-state index is 0.100. The number of hydrogen-bond donors (Lipinski definition) is 2. The number of halogens is 3. The van der Waals surface area contributed by atoms with Gasteiger partial charge < -0.3 is 25.0 Å². The zero-order chi connectivity index (χ0) is 31.7. The van der Waals surface area contributed by atoms with Crippen LogP contribution in [0.15, 0.2) is 49.1 Å². The molecule has 1 aromatic carbocycles. The number of nitrogens with one attached hydrogen (secondary N) is 1. The van der Waals surface area contributed by atoms with Crippen molar-refractivity contribution in [1.29, 1.82) is 0 Å². The van der Waals surface area contributed by atoms with Crippen molar-refractivity contribution in [2.45, 2.75) is 38.3 Å². The second kappa shape index (κ2) is 12.9. The summed E-state index contributed by atoms with van der Waals surface area (Å²) in [5, 5.41) is 23.1. The Hall–Kier alpha value is -4.34. The number of rotatable bonds is 9. The van der Waals surface area contributed by atoms with E-state index in [1.54, 1.807) is 35.3 Å². The van der Waals surface area contributed by atoms with Crippen LogP contribution >= 0.6 is 11.6 Å². The van der Waals surface area contributed by atoms with Crippen LogP contribution in [0.4, 0.5) is 14.5 Å². The predicted molar refractivity (Wildman–Crippen MR) is 160 cm³/mol. The standard InChI is InChI=1S/C29H32ClF2N9O4/c1-37-11-12-39(16-24(37)42)19-5-9-38(10-6-19)25(43)17-40-15-22(35-28(44)21-14-34-41-8-2-7-33-27(21)41)26(36-40)20-13-18(30)3-4-23(20)45-29(31)32/h2-4,7-8,13-15,19,28-29,35,44H,5-6,9-12,16-17H2,1H3. The fraction of sp³-hybridized carbons (Fsp3) is 0.414. The van der Waals surface area contributed by atoms with Gasteiger partial charge in [0, 0.05) is 68.4 Å². The van der Waals surface area contributed by atoms with Gasteiger partial charge >= 0.3 is 6.61 Å². The van der Waals surface area contributed by atoms with Gasteiger partial charge in [0.2, 0.25) is 11.8 Å². The maximum absolute atomic E-state index is 13.4. The first-order valence-electron chi connectivity index (χ1n) is 14.5. The molecular weight excluding hydrogens is 612 g/mol. The number of likely N-dealkylation sites (N-methyl/N-ethyl adjacent to an activating group) is 1. The van der Waals surface area contributed by atoms with Gasteiger partial charge in [0.1, 0.15) is 18.0 Å². The molecule has 1 atom stereocenters. The lowest BCUT2D eigenvalue weighted by Crippen LogP contribution is -2.55. The molecule has 1 unspecified atom stereocenters. The molecule has 16 heteroatoms. The first-order valence-corrected chi connectivity index (χ1v) is 14.8. The van der Waals surface area contributed by atoms with Crippen LogP contribution in [0.1, 0.15) is 24.6 Å². The van der Waals surface area contributed by atoms with Crippen molar-refractivity contribution in [3.63, 3.8) is 0 Å². The van der Waals surface area contributed by atoms with E-state index in [0.29, 0.717) is 37.4 Å². The van der Waals surface area contributed by atoms with Crippen LogP contribution < -0.4 is 10.1 Å². The molecule has 0 spiro atoms. The first kappa shape index (κ1) is 30.7. The van der Waals surface area contributed by atoms with E-state index >= 15 is 0 Å². The van der Waals surface area contributed by atoms with Crippen molar-refractivity contribution in [1.82, 2.24) is 39.1 Å².